The number of aromatic amines is 1. The van der Waals surface area contributed by atoms with Crippen LogP contribution in [-0.2, 0) is 0 Å². The Kier molecular flexibility index (Phi) is 2.69. The van der Waals surface area contributed by atoms with Crippen LogP contribution in [0.15, 0.2) is 48.5 Å². The van der Waals surface area contributed by atoms with Gasteiger partial charge in [0.2, 0.25) is 0 Å². The molecule has 0 atom stereocenters. The molecule has 0 bridgehead atoms. The summed E-state index contributed by atoms with van der Waals surface area (Å²) in [7, 11) is 0. The van der Waals surface area contributed by atoms with E-state index >= 15 is 0 Å². The van der Waals surface area contributed by atoms with Crippen LogP contribution in [-0.4, -0.2) is 21.2 Å². The zero-order valence-electron chi connectivity index (χ0n) is 13.8. The van der Waals surface area contributed by atoms with E-state index in [1.54, 1.807) is 16.5 Å². The first-order chi connectivity index (χ1) is 12.6. The van der Waals surface area contributed by atoms with Crippen LogP contribution in [0.2, 0.25) is 0 Å². The number of carbonyl (C=O) groups excluding carboxylic acids is 2. The summed E-state index contributed by atoms with van der Waals surface area (Å²) >= 11 is 0. The molecule has 6 heteroatoms. The smallest absolute Gasteiger partial charge is 0.283 e. The van der Waals surface area contributed by atoms with Crippen molar-refractivity contribution in [1.82, 2.24) is 9.38 Å². The van der Waals surface area contributed by atoms with Crippen molar-refractivity contribution in [2.24, 2.45) is 0 Å². The van der Waals surface area contributed by atoms with Gasteiger partial charge in [0.25, 0.3) is 11.8 Å². The molecule has 0 aliphatic carbocycles. The van der Waals surface area contributed by atoms with E-state index in [1.165, 1.54) is 0 Å². The fourth-order valence-corrected chi connectivity index (χ4v) is 3.59. The van der Waals surface area contributed by atoms with Crippen molar-refractivity contribution in [1.29, 1.82) is 5.26 Å². The molecule has 6 nitrogen and oxygen atoms in total. The molecule has 0 unspecified atom stereocenters. The van der Waals surface area contributed by atoms with Gasteiger partial charge in [0.15, 0.2) is 0 Å². The predicted molar refractivity (Wildman–Crippen MR) is 96.3 cm³/mol. The monoisotopic (exact) mass is 340 g/mol. The molecule has 1 N–H and O–H groups in total. The first kappa shape index (κ1) is 14.5. The molecule has 2 aromatic carbocycles. The molecule has 2 amide bonds. The number of aromatic nitrogens is 2. The third-order valence-corrected chi connectivity index (χ3v) is 4.80. The molecule has 0 fully saturated rings. The fourth-order valence-electron chi connectivity index (χ4n) is 3.59. The summed E-state index contributed by atoms with van der Waals surface area (Å²) in [4.78, 5) is 30.4. The molecular weight excluding hydrogens is 328 g/mol. The van der Waals surface area contributed by atoms with Crippen molar-refractivity contribution in [2.75, 3.05) is 4.90 Å². The summed E-state index contributed by atoms with van der Waals surface area (Å²) in [6.45, 7) is 1.94. The third-order valence-electron chi connectivity index (χ3n) is 4.80. The Balaban J connectivity index is 1.83. The van der Waals surface area contributed by atoms with Gasteiger partial charge in [-0.15, -0.1) is 0 Å². The van der Waals surface area contributed by atoms with Crippen LogP contribution < -0.4 is 4.90 Å². The summed E-state index contributed by atoms with van der Waals surface area (Å²) in [5.74, 6) is -0.887. The van der Waals surface area contributed by atoms with Crippen molar-refractivity contribution < 1.29 is 9.59 Å². The molecule has 4 aromatic rings. The number of nitriles is 1. The minimum absolute atomic E-state index is 0.162. The summed E-state index contributed by atoms with van der Waals surface area (Å²) in [6.07, 6.45) is 0. The standard InChI is InChI=1S/C20H12N4O2/c1-11-6-8-12(9-7-11)23-19(25)16-13(10-21)18-22-14-4-2-3-5-15(14)24(18)17(16)20(23)26/h2-9,22H,1H3. The second kappa shape index (κ2) is 4.83. The van der Waals surface area contributed by atoms with E-state index in [0.29, 0.717) is 11.3 Å². The Morgan fingerprint density at radius 1 is 1.00 bits per heavy atom. The van der Waals surface area contributed by atoms with Crippen molar-refractivity contribution in [3.05, 3.63) is 70.9 Å². The second-order valence-electron chi connectivity index (χ2n) is 6.32. The Morgan fingerprint density at radius 2 is 1.73 bits per heavy atom. The van der Waals surface area contributed by atoms with E-state index in [-0.39, 0.29) is 16.8 Å². The van der Waals surface area contributed by atoms with Gasteiger partial charge in [0.05, 0.1) is 22.3 Å². The SMILES string of the molecule is Cc1ccc(N2C(=O)c3c(C#N)c4[nH]c5ccccc5n4c3C2=O)cc1. The van der Waals surface area contributed by atoms with Crippen LogP contribution in [0, 0.1) is 18.3 Å². The first-order valence-corrected chi connectivity index (χ1v) is 8.12. The number of rotatable bonds is 1. The molecule has 0 spiro atoms. The maximum Gasteiger partial charge on any atom is 0.283 e. The Labute approximate surface area is 147 Å². The number of imide groups is 1. The number of aryl methyl sites for hydroxylation is 1. The normalized spacial score (nSPS) is 13.6. The summed E-state index contributed by atoms with van der Waals surface area (Å²) < 4.78 is 1.68. The number of H-pyrrole nitrogens is 1. The number of hydrogen-bond donors (Lipinski definition) is 1. The molecule has 0 radical (unpaired) electrons. The number of benzene rings is 2. The van der Waals surface area contributed by atoms with Gasteiger partial charge in [-0.2, -0.15) is 5.26 Å². The van der Waals surface area contributed by atoms with Crippen molar-refractivity contribution in [3.8, 4) is 6.07 Å². The second-order valence-corrected chi connectivity index (χ2v) is 6.32. The lowest BCUT2D eigenvalue weighted by molar-refractivity contribution is 0.0924. The number of amides is 2. The van der Waals surface area contributed by atoms with E-state index in [4.69, 9.17) is 0 Å². The molecule has 26 heavy (non-hydrogen) atoms. The number of hydrogen-bond acceptors (Lipinski definition) is 3. The number of fused-ring (bicyclic) bond motifs is 5. The lowest BCUT2D eigenvalue weighted by Gasteiger charge is -2.14. The van der Waals surface area contributed by atoms with Crippen LogP contribution >= 0.6 is 0 Å². The van der Waals surface area contributed by atoms with Gasteiger partial charge in [-0.3, -0.25) is 14.0 Å². The van der Waals surface area contributed by atoms with Gasteiger partial charge in [0, 0.05) is 0 Å². The van der Waals surface area contributed by atoms with Crippen LogP contribution in [0.3, 0.4) is 0 Å². The Bertz CT molecular complexity index is 1290. The molecule has 2 aromatic heterocycles. The van der Waals surface area contributed by atoms with Crippen molar-refractivity contribution in [3.63, 3.8) is 0 Å². The zero-order valence-corrected chi connectivity index (χ0v) is 13.8. The summed E-state index contributed by atoms with van der Waals surface area (Å²) in [6, 6.07) is 16.7. The van der Waals surface area contributed by atoms with Crippen LogP contribution in [0.1, 0.15) is 32.0 Å². The quantitative estimate of drug-likeness (QED) is 0.539. The highest BCUT2D eigenvalue weighted by Crippen LogP contribution is 2.36. The van der Waals surface area contributed by atoms with E-state index < -0.39 is 11.8 Å². The lowest BCUT2D eigenvalue weighted by atomic mass is 10.1. The minimum Gasteiger partial charge on any atom is -0.338 e. The topological polar surface area (TPSA) is 81.4 Å². The minimum atomic E-state index is -0.466. The number of anilines is 1. The van der Waals surface area contributed by atoms with E-state index in [0.717, 1.165) is 21.5 Å². The molecule has 5 rings (SSSR count). The highest BCUT2D eigenvalue weighted by molar-refractivity contribution is 6.35. The van der Waals surface area contributed by atoms with Crippen molar-refractivity contribution in [2.45, 2.75) is 6.92 Å². The van der Waals surface area contributed by atoms with Gasteiger partial charge in [0.1, 0.15) is 23.0 Å². The van der Waals surface area contributed by atoms with Gasteiger partial charge < -0.3 is 4.98 Å². The molecule has 124 valence electrons. The number of para-hydroxylation sites is 2. The van der Waals surface area contributed by atoms with Crippen LogP contribution in [0.5, 0.6) is 0 Å². The first-order valence-electron chi connectivity index (χ1n) is 8.12. The predicted octanol–water partition coefficient (Wildman–Crippen LogP) is 3.40. The highest BCUT2D eigenvalue weighted by Gasteiger charge is 2.43. The third kappa shape index (κ3) is 1.64. The highest BCUT2D eigenvalue weighted by atomic mass is 16.2. The van der Waals surface area contributed by atoms with E-state index in [1.807, 2.05) is 43.3 Å². The molecule has 1 aliphatic heterocycles. The van der Waals surface area contributed by atoms with Gasteiger partial charge in [-0.05, 0) is 31.2 Å². The fraction of sp³-hybridized carbons (Fsp3) is 0.0500. The Hall–Kier alpha value is -3.85. The number of imidazole rings is 1. The Morgan fingerprint density at radius 3 is 2.46 bits per heavy atom. The number of carbonyl (C=O) groups is 2. The summed E-state index contributed by atoms with van der Waals surface area (Å²) in [5.41, 5.74) is 4.16. The van der Waals surface area contributed by atoms with Crippen LogP contribution in [0.4, 0.5) is 5.69 Å². The number of nitrogens with zero attached hydrogens (tertiary/aromatic N) is 3. The average Bonchev–Trinajstić information content (AvgIpc) is 3.24. The van der Waals surface area contributed by atoms with E-state index in [2.05, 4.69) is 11.1 Å². The lowest BCUT2D eigenvalue weighted by Crippen LogP contribution is -2.30. The van der Waals surface area contributed by atoms with Crippen LogP contribution in [0.25, 0.3) is 16.7 Å². The average molecular weight is 340 g/mol. The molecular formula is C20H12N4O2. The molecule has 3 heterocycles. The van der Waals surface area contributed by atoms with Gasteiger partial charge >= 0.3 is 0 Å². The largest absolute Gasteiger partial charge is 0.338 e. The summed E-state index contributed by atoms with van der Waals surface area (Å²) in [5, 5.41) is 9.65. The molecule has 0 saturated heterocycles. The maximum atomic E-state index is 13.1. The van der Waals surface area contributed by atoms with E-state index in [9.17, 15) is 14.9 Å². The van der Waals surface area contributed by atoms with Gasteiger partial charge in [-0.25, -0.2) is 4.90 Å². The van der Waals surface area contributed by atoms with Gasteiger partial charge in [-0.1, -0.05) is 29.8 Å². The maximum absolute atomic E-state index is 13.1. The zero-order chi connectivity index (χ0) is 18.0. The number of nitrogens with one attached hydrogen (secondary N) is 1. The molecule has 0 saturated carbocycles. The van der Waals surface area contributed by atoms with Crippen molar-refractivity contribution >= 4 is 34.2 Å². The molecule has 1 aliphatic rings.